The highest BCUT2D eigenvalue weighted by Crippen LogP contribution is 2.23. The first-order chi connectivity index (χ1) is 15.9. The van der Waals surface area contributed by atoms with Crippen molar-refractivity contribution in [2.75, 3.05) is 33.4 Å². The summed E-state index contributed by atoms with van der Waals surface area (Å²) in [5, 5.41) is 7.29. The van der Waals surface area contributed by atoms with E-state index in [-0.39, 0.29) is 16.7 Å². The molecule has 0 radical (unpaired) electrons. The van der Waals surface area contributed by atoms with Gasteiger partial charge in [0.15, 0.2) is 0 Å². The SMILES string of the molecule is COc1cccc(OCCCCCNC(C)(C)CCC(C)(C)OCCCCCNC(C)(C)C)c1. The van der Waals surface area contributed by atoms with Gasteiger partial charge in [-0.25, -0.2) is 0 Å². The molecule has 0 aliphatic carbocycles. The maximum Gasteiger partial charge on any atom is 0.122 e. The lowest BCUT2D eigenvalue weighted by Gasteiger charge is -2.32. The van der Waals surface area contributed by atoms with Crippen LogP contribution in [0.5, 0.6) is 11.5 Å². The Bertz CT molecular complexity index is 653. The Morgan fingerprint density at radius 3 is 1.97 bits per heavy atom. The number of methoxy groups -OCH3 is 1. The minimum absolute atomic E-state index is 0.0694. The van der Waals surface area contributed by atoms with E-state index >= 15 is 0 Å². The summed E-state index contributed by atoms with van der Waals surface area (Å²) in [6, 6.07) is 7.80. The Balaban J connectivity index is 2.08. The highest BCUT2D eigenvalue weighted by Gasteiger charge is 2.24. The Morgan fingerprint density at radius 1 is 0.706 bits per heavy atom. The van der Waals surface area contributed by atoms with Gasteiger partial charge in [-0.05, 0) is 125 Å². The zero-order valence-corrected chi connectivity index (χ0v) is 23.5. The second kappa shape index (κ2) is 15.6. The fourth-order valence-corrected chi connectivity index (χ4v) is 3.70. The molecule has 1 aromatic carbocycles. The molecule has 0 saturated carbocycles. The number of rotatable bonds is 19. The normalized spacial score (nSPS) is 12.7. The van der Waals surface area contributed by atoms with Crippen molar-refractivity contribution in [2.24, 2.45) is 0 Å². The Morgan fingerprint density at radius 2 is 1.32 bits per heavy atom. The highest BCUT2D eigenvalue weighted by atomic mass is 16.5. The van der Waals surface area contributed by atoms with Crippen LogP contribution < -0.4 is 20.1 Å². The van der Waals surface area contributed by atoms with Crippen molar-refractivity contribution < 1.29 is 14.2 Å². The fourth-order valence-electron chi connectivity index (χ4n) is 3.70. The molecule has 34 heavy (non-hydrogen) atoms. The number of nitrogens with one attached hydrogen (secondary N) is 2. The predicted octanol–water partition coefficient (Wildman–Crippen LogP) is 6.75. The standard InChI is InChI=1S/C29H54N2O3/c1-27(2,3)30-20-11-10-14-23-34-29(6,7)19-18-28(4,5)31-21-12-9-13-22-33-26-17-15-16-25(24-26)32-8/h15-17,24,30-31H,9-14,18-23H2,1-8H3. The average molecular weight is 479 g/mol. The first kappa shape index (κ1) is 30.7. The lowest BCUT2D eigenvalue weighted by molar-refractivity contribution is -0.0300. The van der Waals surface area contributed by atoms with E-state index in [1.165, 1.54) is 12.8 Å². The van der Waals surface area contributed by atoms with Crippen molar-refractivity contribution >= 4 is 0 Å². The first-order valence-corrected chi connectivity index (χ1v) is 13.3. The molecule has 0 heterocycles. The summed E-state index contributed by atoms with van der Waals surface area (Å²) in [7, 11) is 1.68. The van der Waals surface area contributed by atoms with Gasteiger partial charge in [0.2, 0.25) is 0 Å². The molecule has 2 N–H and O–H groups in total. The lowest BCUT2D eigenvalue weighted by atomic mass is 9.91. The molecule has 0 saturated heterocycles. The van der Waals surface area contributed by atoms with Gasteiger partial charge in [0.05, 0.1) is 19.3 Å². The maximum atomic E-state index is 6.22. The van der Waals surface area contributed by atoms with E-state index in [1.807, 2.05) is 24.3 Å². The van der Waals surface area contributed by atoms with Crippen LogP contribution in [0.4, 0.5) is 0 Å². The molecule has 5 nitrogen and oxygen atoms in total. The average Bonchev–Trinajstić information content (AvgIpc) is 2.76. The maximum absolute atomic E-state index is 6.22. The van der Waals surface area contributed by atoms with E-state index in [2.05, 4.69) is 59.1 Å². The molecule has 0 aromatic heterocycles. The van der Waals surface area contributed by atoms with Crippen molar-refractivity contribution in [3.8, 4) is 11.5 Å². The van der Waals surface area contributed by atoms with Gasteiger partial charge in [0.25, 0.3) is 0 Å². The minimum atomic E-state index is -0.0694. The first-order valence-electron chi connectivity index (χ1n) is 13.3. The number of unbranched alkanes of at least 4 members (excludes halogenated alkanes) is 4. The monoisotopic (exact) mass is 478 g/mol. The fraction of sp³-hybridized carbons (Fsp3) is 0.793. The predicted molar refractivity (Wildman–Crippen MR) is 145 cm³/mol. The van der Waals surface area contributed by atoms with Crippen LogP contribution in [0, 0.1) is 0 Å². The van der Waals surface area contributed by atoms with E-state index in [9.17, 15) is 0 Å². The van der Waals surface area contributed by atoms with Gasteiger partial charge in [-0.2, -0.15) is 0 Å². The van der Waals surface area contributed by atoms with Gasteiger partial charge in [-0.3, -0.25) is 0 Å². The van der Waals surface area contributed by atoms with E-state index < -0.39 is 0 Å². The molecule has 1 rings (SSSR count). The third kappa shape index (κ3) is 16.3. The van der Waals surface area contributed by atoms with Crippen LogP contribution in [0.25, 0.3) is 0 Å². The molecule has 5 heteroatoms. The highest BCUT2D eigenvalue weighted by molar-refractivity contribution is 5.32. The molecule has 0 spiro atoms. The summed E-state index contributed by atoms with van der Waals surface area (Å²) in [5.41, 5.74) is 0.265. The summed E-state index contributed by atoms with van der Waals surface area (Å²) < 4.78 is 17.3. The summed E-state index contributed by atoms with van der Waals surface area (Å²) >= 11 is 0. The quantitative estimate of drug-likeness (QED) is 0.215. The van der Waals surface area contributed by atoms with Crippen molar-refractivity contribution in [3.63, 3.8) is 0 Å². The topological polar surface area (TPSA) is 51.8 Å². The molecular weight excluding hydrogens is 424 g/mol. The minimum Gasteiger partial charge on any atom is -0.497 e. The van der Waals surface area contributed by atoms with Crippen LogP contribution in [0.2, 0.25) is 0 Å². The summed E-state index contributed by atoms with van der Waals surface area (Å²) in [5.74, 6) is 1.71. The second-order valence-corrected chi connectivity index (χ2v) is 11.7. The molecule has 0 bridgehead atoms. The van der Waals surface area contributed by atoms with E-state index in [4.69, 9.17) is 14.2 Å². The largest absolute Gasteiger partial charge is 0.497 e. The molecule has 198 valence electrons. The van der Waals surface area contributed by atoms with E-state index in [0.717, 1.165) is 76.3 Å². The summed E-state index contributed by atoms with van der Waals surface area (Å²) in [4.78, 5) is 0. The van der Waals surface area contributed by atoms with Crippen molar-refractivity contribution in [1.82, 2.24) is 10.6 Å². The third-order valence-corrected chi connectivity index (χ3v) is 6.06. The number of hydrogen-bond acceptors (Lipinski definition) is 5. The van der Waals surface area contributed by atoms with Gasteiger partial charge in [-0.1, -0.05) is 6.07 Å². The van der Waals surface area contributed by atoms with Crippen LogP contribution in [-0.4, -0.2) is 50.1 Å². The molecule has 0 aliphatic heterocycles. The molecule has 0 unspecified atom stereocenters. The summed E-state index contributed by atoms with van der Waals surface area (Å²) in [6.45, 7) is 19.4. The van der Waals surface area contributed by atoms with Crippen LogP contribution in [0.15, 0.2) is 24.3 Å². The van der Waals surface area contributed by atoms with E-state index in [1.54, 1.807) is 7.11 Å². The van der Waals surface area contributed by atoms with Crippen LogP contribution in [0.1, 0.15) is 99.8 Å². The van der Waals surface area contributed by atoms with Gasteiger partial charge >= 0.3 is 0 Å². The Kier molecular flexibility index (Phi) is 14.1. The Labute approximate surface area is 210 Å². The second-order valence-electron chi connectivity index (χ2n) is 11.7. The van der Waals surface area contributed by atoms with Crippen LogP contribution in [0.3, 0.4) is 0 Å². The Hall–Kier alpha value is -1.30. The summed E-state index contributed by atoms with van der Waals surface area (Å²) in [6.07, 6.45) is 9.12. The van der Waals surface area contributed by atoms with Crippen LogP contribution in [-0.2, 0) is 4.74 Å². The number of benzene rings is 1. The third-order valence-electron chi connectivity index (χ3n) is 6.06. The molecule has 0 atom stereocenters. The molecular formula is C29H54N2O3. The number of hydrogen-bond donors (Lipinski definition) is 2. The van der Waals surface area contributed by atoms with Gasteiger partial charge in [0, 0.05) is 23.8 Å². The molecule has 0 fully saturated rings. The zero-order valence-electron chi connectivity index (χ0n) is 23.5. The molecule has 1 aromatic rings. The molecule has 0 aliphatic rings. The zero-order chi connectivity index (χ0) is 25.5. The smallest absolute Gasteiger partial charge is 0.122 e. The number of ether oxygens (including phenoxy) is 3. The van der Waals surface area contributed by atoms with Crippen LogP contribution >= 0.6 is 0 Å². The lowest BCUT2D eigenvalue weighted by Crippen LogP contribution is -2.41. The molecule has 0 amide bonds. The van der Waals surface area contributed by atoms with E-state index in [0.29, 0.717) is 0 Å². The van der Waals surface area contributed by atoms with Gasteiger partial charge in [-0.15, -0.1) is 0 Å². The van der Waals surface area contributed by atoms with Gasteiger partial charge < -0.3 is 24.8 Å². The van der Waals surface area contributed by atoms with Gasteiger partial charge in [0.1, 0.15) is 11.5 Å². The van der Waals surface area contributed by atoms with Crippen molar-refractivity contribution in [2.45, 2.75) is 117 Å². The van der Waals surface area contributed by atoms with Crippen molar-refractivity contribution in [3.05, 3.63) is 24.3 Å². The van der Waals surface area contributed by atoms with Crippen molar-refractivity contribution in [1.29, 1.82) is 0 Å².